The maximum atomic E-state index is 5.08. The first-order valence-electron chi connectivity index (χ1n) is 7.58. The maximum Gasteiger partial charge on any atom is 0.126 e. The zero-order chi connectivity index (χ0) is 15.4. The summed E-state index contributed by atoms with van der Waals surface area (Å²) < 4.78 is 5.08. The van der Waals surface area contributed by atoms with E-state index in [4.69, 9.17) is 4.74 Å². The molecule has 0 aliphatic carbocycles. The summed E-state index contributed by atoms with van der Waals surface area (Å²) in [5.74, 6) is 1.05. The van der Waals surface area contributed by atoms with Crippen molar-refractivity contribution in [3.63, 3.8) is 0 Å². The molecule has 1 nitrogen and oxygen atoms in total. The van der Waals surface area contributed by atoms with Gasteiger partial charge in [0.05, 0.1) is 0 Å². The number of hydrogen-bond donors (Lipinski definition) is 0. The van der Waals surface area contributed by atoms with Crippen LogP contribution in [0.2, 0.25) is 0 Å². The van der Waals surface area contributed by atoms with Gasteiger partial charge in [-0.3, -0.25) is 0 Å². The molecule has 0 saturated heterocycles. The SMILES string of the molecule is Cc1cccc(-c2ccccc2)c1C.c1ccc2c(c1)CO2. The average Bonchev–Trinajstić information content (AvgIpc) is 2.53. The molecular formula is C21H20O. The van der Waals surface area contributed by atoms with Gasteiger partial charge in [0.1, 0.15) is 12.4 Å². The van der Waals surface area contributed by atoms with Crippen molar-refractivity contribution < 1.29 is 4.74 Å². The molecule has 4 rings (SSSR count). The summed E-state index contributed by atoms with van der Waals surface area (Å²) in [4.78, 5) is 0. The zero-order valence-electron chi connectivity index (χ0n) is 13.0. The van der Waals surface area contributed by atoms with Gasteiger partial charge in [0.15, 0.2) is 0 Å². The third-order valence-electron chi connectivity index (χ3n) is 4.05. The Balaban J connectivity index is 0.000000151. The summed E-state index contributed by atoms with van der Waals surface area (Å²) >= 11 is 0. The van der Waals surface area contributed by atoms with Crippen LogP contribution in [0.3, 0.4) is 0 Å². The van der Waals surface area contributed by atoms with Gasteiger partial charge in [-0.25, -0.2) is 0 Å². The Morgan fingerprint density at radius 1 is 0.727 bits per heavy atom. The quantitative estimate of drug-likeness (QED) is 0.570. The molecule has 0 atom stereocenters. The van der Waals surface area contributed by atoms with Gasteiger partial charge in [-0.2, -0.15) is 0 Å². The van der Waals surface area contributed by atoms with Crippen molar-refractivity contribution in [2.24, 2.45) is 0 Å². The lowest BCUT2D eigenvalue weighted by atomic mass is 9.97. The largest absolute Gasteiger partial charge is 0.488 e. The number of benzene rings is 3. The van der Waals surface area contributed by atoms with Gasteiger partial charge >= 0.3 is 0 Å². The van der Waals surface area contributed by atoms with E-state index >= 15 is 0 Å². The first-order valence-corrected chi connectivity index (χ1v) is 7.58. The Hall–Kier alpha value is -2.54. The highest BCUT2D eigenvalue weighted by molar-refractivity contribution is 5.68. The molecule has 0 amide bonds. The lowest BCUT2D eigenvalue weighted by Crippen LogP contribution is -2.07. The Morgan fingerprint density at radius 3 is 2.05 bits per heavy atom. The Labute approximate surface area is 132 Å². The summed E-state index contributed by atoms with van der Waals surface area (Å²) in [6.45, 7) is 5.13. The second kappa shape index (κ2) is 6.48. The zero-order valence-corrected chi connectivity index (χ0v) is 13.0. The van der Waals surface area contributed by atoms with Crippen LogP contribution >= 0.6 is 0 Å². The summed E-state index contributed by atoms with van der Waals surface area (Å²) in [7, 11) is 0. The smallest absolute Gasteiger partial charge is 0.126 e. The van der Waals surface area contributed by atoms with Crippen molar-refractivity contribution in [1.29, 1.82) is 0 Å². The summed E-state index contributed by atoms with van der Waals surface area (Å²) in [5, 5.41) is 0. The first kappa shape index (κ1) is 14.4. The van der Waals surface area contributed by atoms with Crippen LogP contribution in [0, 0.1) is 13.8 Å². The van der Waals surface area contributed by atoms with E-state index < -0.39 is 0 Å². The van der Waals surface area contributed by atoms with Crippen molar-refractivity contribution in [1.82, 2.24) is 0 Å². The first-order chi connectivity index (χ1) is 10.8. The average molecular weight is 288 g/mol. The molecule has 0 spiro atoms. The van der Waals surface area contributed by atoms with Gasteiger partial charge < -0.3 is 4.74 Å². The third kappa shape index (κ3) is 3.04. The van der Waals surface area contributed by atoms with E-state index in [-0.39, 0.29) is 0 Å². The normalized spacial score (nSPS) is 11.4. The van der Waals surface area contributed by atoms with Gasteiger partial charge in [0.2, 0.25) is 0 Å². The molecule has 3 aromatic carbocycles. The lowest BCUT2D eigenvalue weighted by Gasteiger charge is -2.18. The van der Waals surface area contributed by atoms with Crippen molar-refractivity contribution >= 4 is 0 Å². The van der Waals surface area contributed by atoms with Crippen LogP contribution in [0.5, 0.6) is 5.75 Å². The number of rotatable bonds is 1. The van der Waals surface area contributed by atoms with Crippen LogP contribution < -0.4 is 4.74 Å². The van der Waals surface area contributed by atoms with E-state index in [1.807, 2.05) is 18.2 Å². The van der Waals surface area contributed by atoms with Crippen LogP contribution in [0.15, 0.2) is 72.8 Å². The van der Waals surface area contributed by atoms with E-state index in [1.165, 1.54) is 27.8 Å². The van der Waals surface area contributed by atoms with Crippen molar-refractivity contribution in [3.05, 3.63) is 89.5 Å². The van der Waals surface area contributed by atoms with Gasteiger partial charge in [-0.05, 0) is 42.2 Å². The highest BCUT2D eigenvalue weighted by atomic mass is 16.5. The van der Waals surface area contributed by atoms with Gasteiger partial charge in [0, 0.05) is 5.56 Å². The van der Waals surface area contributed by atoms with Crippen LogP contribution in [-0.2, 0) is 6.61 Å². The fraction of sp³-hybridized carbons (Fsp3) is 0.143. The van der Waals surface area contributed by atoms with E-state index in [0.29, 0.717) is 0 Å². The molecule has 1 aliphatic heterocycles. The Morgan fingerprint density at radius 2 is 1.45 bits per heavy atom. The monoisotopic (exact) mass is 288 g/mol. The second-order valence-corrected chi connectivity index (χ2v) is 5.51. The molecule has 0 N–H and O–H groups in total. The number of fused-ring (bicyclic) bond motifs is 1. The van der Waals surface area contributed by atoms with Crippen LogP contribution in [0.25, 0.3) is 11.1 Å². The minimum Gasteiger partial charge on any atom is -0.488 e. The van der Waals surface area contributed by atoms with Crippen molar-refractivity contribution in [2.75, 3.05) is 0 Å². The molecule has 0 unspecified atom stereocenters. The van der Waals surface area contributed by atoms with E-state index in [2.05, 4.69) is 68.4 Å². The fourth-order valence-electron chi connectivity index (χ4n) is 2.52. The standard InChI is InChI=1S/C14H14.C7H6O/c1-11-7-6-10-14(12(11)2)13-8-4-3-5-9-13;1-2-4-7-6(3-1)5-8-7/h3-10H,1-2H3;1-4H,5H2. The predicted molar refractivity (Wildman–Crippen MR) is 92.1 cm³/mol. The third-order valence-corrected chi connectivity index (χ3v) is 4.05. The fourth-order valence-corrected chi connectivity index (χ4v) is 2.52. The van der Waals surface area contributed by atoms with Crippen LogP contribution in [0.4, 0.5) is 0 Å². The minimum atomic E-state index is 0.802. The summed E-state index contributed by atoms with van der Waals surface area (Å²) in [5.41, 5.74) is 6.69. The molecule has 0 bridgehead atoms. The molecule has 0 saturated carbocycles. The maximum absolute atomic E-state index is 5.08. The highest BCUT2D eigenvalue weighted by Crippen LogP contribution is 2.27. The topological polar surface area (TPSA) is 9.23 Å². The highest BCUT2D eigenvalue weighted by Gasteiger charge is 2.10. The number of hydrogen-bond acceptors (Lipinski definition) is 1. The van der Waals surface area contributed by atoms with Crippen LogP contribution in [-0.4, -0.2) is 0 Å². The molecular weight excluding hydrogens is 268 g/mol. The van der Waals surface area contributed by atoms with E-state index in [0.717, 1.165) is 12.4 Å². The number of aryl methyl sites for hydroxylation is 1. The summed E-state index contributed by atoms with van der Waals surface area (Å²) in [6, 6.07) is 25.0. The van der Waals surface area contributed by atoms with Crippen molar-refractivity contribution in [3.8, 4) is 16.9 Å². The number of ether oxygens (including phenoxy) is 1. The predicted octanol–water partition coefficient (Wildman–Crippen LogP) is 5.55. The van der Waals surface area contributed by atoms with Gasteiger partial charge in [-0.1, -0.05) is 66.7 Å². The molecule has 1 aliphatic rings. The van der Waals surface area contributed by atoms with Crippen molar-refractivity contribution in [2.45, 2.75) is 20.5 Å². The Kier molecular flexibility index (Phi) is 4.24. The van der Waals surface area contributed by atoms with E-state index in [9.17, 15) is 0 Å². The second-order valence-electron chi connectivity index (χ2n) is 5.51. The van der Waals surface area contributed by atoms with Crippen LogP contribution in [0.1, 0.15) is 16.7 Å². The number of para-hydroxylation sites is 1. The molecule has 0 radical (unpaired) electrons. The van der Waals surface area contributed by atoms with E-state index in [1.54, 1.807) is 0 Å². The Bertz CT molecular complexity index is 737. The molecule has 22 heavy (non-hydrogen) atoms. The molecule has 1 heterocycles. The molecule has 0 aromatic heterocycles. The van der Waals surface area contributed by atoms with Gasteiger partial charge in [-0.15, -0.1) is 0 Å². The molecule has 3 aromatic rings. The molecule has 1 heteroatoms. The lowest BCUT2D eigenvalue weighted by molar-refractivity contribution is 0.243. The van der Waals surface area contributed by atoms with Gasteiger partial charge in [0.25, 0.3) is 0 Å². The minimum absolute atomic E-state index is 0.802. The molecule has 0 fully saturated rings. The summed E-state index contributed by atoms with van der Waals surface area (Å²) in [6.07, 6.45) is 0. The molecule has 110 valence electrons.